The molecule has 0 atom stereocenters. The van der Waals surface area contributed by atoms with Gasteiger partial charge in [0.15, 0.2) is 5.96 Å². The van der Waals surface area contributed by atoms with Crippen LogP contribution in [0.1, 0.15) is 53.9 Å². The number of nitrogens with zero attached hydrogens (tertiary/aromatic N) is 1. The number of ether oxygens (including phenoxy) is 1. The number of carbonyl (C=O) groups is 1. The third-order valence-electron chi connectivity index (χ3n) is 2.64. The van der Waals surface area contributed by atoms with E-state index >= 15 is 0 Å². The SMILES string of the molecule is CCCCOCCCNC(=NCC(=O)NC(C)(C)C)NCC.I. The summed E-state index contributed by atoms with van der Waals surface area (Å²) in [5, 5.41) is 9.23. The van der Waals surface area contributed by atoms with E-state index in [2.05, 4.69) is 27.9 Å². The first-order chi connectivity index (χ1) is 10.4. The average molecular weight is 442 g/mol. The van der Waals surface area contributed by atoms with Crippen molar-refractivity contribution < 1.29 is 9.53 Å². The van der Waals surface area contributed by atoms with Gasteiger partial charge in [0.25, 0.3) is 0 Å². The highest BCUT2D eigenvalue weighted by Crippen LogP contribution is 1.97. The summed E-state index contributed by atoms with van der Waals surface area (Å²) in [7, 11) is 0. The van der Waals surface area contributed by atoms with Gasteiger partial charge in [-0.3, -0.25) is 4.79 Å². The van der Waals surface area contributed by atoms with Gasteiger partial charge in [0, 0.05) is 31.8 Å². The van der Waals surface area contributed by atoms with E-state index in [4.69, 9.17) is 4.74 Å². The summed E-state index contributed by atoms with van der Waals surface area (Å²) in [5.41, 5.74) is -0.228. The van der Waals surface area contributed by atoms with E-state index in [0.29, 0.717) is 5.96 Å². The third kappa shape index (κ3) is 17.6. The van der Waals surface area contributed by atoms with Crippen LogP contribution < -0.4 is 16.0 Å². The molecular weight excluding hydrogens is 407 g/mol. The Hall–Kier alpha value is -0.570. The highest BCUT2D eigenvalue weighted by Gasteiger charge is 2.13. The summed E-state index contributed by atoms with van der Waals surface area (Å²) < 4.78 is 5.50. The number of nitrogens with one attached hydrogen (secondary N) is 3. The Morgan fingerprint density at radius 2 is 1.74 bits per heavy atom. The van der Waals surface area contributed by atoms with E-state index in [-0.39, 0.29) is 42.0 Å². The Balaban J connectivity index is 0. The van der Waals surface area contributed by atoms with Crippen molar-refractivity contribution in [1.82, 2.24) is 16.0 Å². The van der Waals surface area contributed by atoms with Gasteiger partial charge in [0.2, 0.25) is 5.91 Å². The first-order valence-corrected chi connectivity index (χ1v) is 8.30. The lowest BCUT2D eigenvalue weighted by Crippen LogP contribution is -2.43. The van der Waals surface area contributed by atoms with Gasteiger partial charge in [-0.2, -0.15) is 0 Å². The van der Waals surface area contributed by atoms with Gasteiger partial charge >= 0.3 is 0 Å². The molecule has 0 aromatic heterocycles. The molecule has 1 amide bonds. The van der Waals surface area contributed by atoms with Gasteiger partial charge in [-0.05, 0) is 40.5 Å². The van der Waals surface area contributed by atoms with E-state index in [1.807, 2.05) is 27.7 Å². The van der Waals surface area contributed by atoms with Crippen LogP contribution in [0, 0.1) is 0 Å². The summed E-state index contributed by atoms with van der Waals surface area (Å²) in [5.74, 6) is 0.590. The van der Waals surface area contributed by atoms with Crippen molar-refractivity contribution in [3.8, 4) is 0 Å². The number of aliphatic imine (C=N–C) groups is 1. The molecule has 0 spiro atoms. The van der Waals surface area contributed by atoms with Gasteiger partial charge < -0.3 is 20.7 Å². The largest absolute Gasteiger partial charge is 0.381 e. The maximum absolute atomic E-state index is 11.8. The van der Waals surface area contributed by atoms with Crippen LogP contribution in [0.4, 0.5) is 0 Å². The fourth-order valence-corrected chi connectivity index (χ4v) is 1.68. The van der Waals surface area contributed by atoms with Crippen LogP contribution in [-0.2, 0) is 9.53 Å². The lowest BCUT2D eigenvalue weighted by molar-refractivity contribution is -0.121. The lowest BCUT2D eigenvalue weighted by Gasteiger charge is -2.20. The van der Waals surface area contributed by atoms with Crippen molar-refractivity contribution in [1.29, 1.82) is 0 Å². The van der Waals surface area contributed by atoms with Gasteiger partial charge in [-0.25, -0.2) is 4.99 Å². The van der Waals surface area contributed by atoms with E-state index in [9.17, 15) is 4.79 Å². The standard InChI is InChI=1S/C16H34N4O2.HI/c1-6-8-11-22-12-9-10-18-15(17-7-2)19-13-14(21)20-16(3,4)5;/h6-13H2,1-5H3,(H,20,21)(H2,17,18,19);1H. The molecule has 3 N–H and O–H groups in total. The number of amides is 1. The zero-order chi connectivity index (χ0) is 16.8. The minimum atomic E-state index is -0.228. The number of unbranched alkanes of at least 4 members (excludes halogenated alkanes) is 1. The van der Waals surface area contributed by atoms with Crippen LogP contribution in [0.25, 0.3) is 0 Å². The zero-order valence-corrected chi connectivity index (χ0v) is 17.7. The molecule has 0 rings (SSSR count). The van der Waals surface area contributed by atoms with E-state index < -0.39 is 0 Å². The summed E-state index contributed by atoms with van der Waals surface area (Å²) in [6.07, 6.45) is 3.19. The molecule has 0 aliphatic carbocycles. The Morgan fingerprint density at radius 1 is 1.09 bits per heavy atom. The molecular formula is C16H35IN4O2. The van der Waals surface area contributed by atoms with Crippen LogP contribution in [0.2, 0.25) is 0 Å². The van der Waals surface area contributed by atoms with Gasteiger partial charge in [0.1, 0.15) is 6.54 Å². The Morgan fingerprint density at radius 3 is 2.30 bits per heavy atom. The van der Waals surface area contributed by atoms with Crippen molar-refractivity contribution in [3.05, 3.63) is 0 Å². The van der Waals surface area contributed by atoms with Gasteiger partial charge in [-0.15, -0.1) is 24.0 Å². The molecule has 0 aromatic carbocycles. The van der Waals surface area contributed by atoms with Crippen LogP contribution in [0.15, 0.2) is 4.99 Å². The molecule has 0 heterocycles. The summed E-state index contributed by atoms with van der Waals surface area (Å²) in [4.78, 5) is 16.0. The monoisotopic (exact) mass is 442 g/mol. The Kier molecular flexibility index (Phi) is 16.1. The minimum absolute atomic E-state index is 0. The molecule has 0 aliphatic heterocycles. The first kappa shape index (κ1) is 24.7. The molecule has 7 heteroatoms. The number of halogens is 1. The molecule has 0 radical (unpaired) electrons. The molecule has 138 valence electrons. The first-order valence-electron chi connectivity index (χ1n) is 8.30. The minimum Gasteiger partial charge on any atom is -0.381 e. The maximum atomic E-state index is 11.8. The topological polar surface area (TPSA) is 74.8 Å². The zero-order valence-electron chi connectivity index (χ0n) is 15.3. The van der Waals surface area contributed by atoms with E-state index in [1.165, 1.54) is 0 Å². The van der Waals surface area contributed by atoms with Crippen LogP contribution in [-0.4, -0.2) is 50.3 Å². The normalized spacial score (nSPS) is 11.6. The van der Waals surface area contributed by atoms with Crippen molar-refractivity contribution in [2.24, 2.45) is 4.99 Å². The summed E-state index contributed by atoms with van der Waals surface area (Å²) >= 11 is 0. The third-order valence-corrected chi connectivity index (χ3v) is 2.64. The predicted octanol–water partition coefficient (Wildman–Crippen LogP) is 2.28. The van der Waals surface area contributed by atoms with Gasteiger partial charge in [0.05, 0.1) is 0 Å². The van der Waals surface area contributed by atoms with Gasteiger partial charge in [-0.1, -0.05) is 13.3 Å². The Bertz CT molecular complexity index is 331. The molecule has 0 fully saturated rings. The molecule has 0 saturated heterocycles. The molecule has 0 saturated carbocycles. The molecule has 0 unspecified atom stereocenters. The second-order valence-corrected chi connectivity index (χ2v) is 6.24. The highest BCUT2D eigenvalue weighted by atomic mass is 127. The molecule has 0 aliphatic rings. The highest BCUT2D eigenvalue weighted by molar-refractivity contribution is 14.0. The van der Waals surface area contributed by atoms with Crippen LogP contribution in [0.5, 0.6) is 0 Å². The van der Waals surface area contributed by atoms with Crippen LogP contribution >= 0.6 is 24.0 Å². The van der Waals surface area contributed by atoms with E-state index in [0.717, 1.165) is 45.6 Å². The smallest absolute Gasteiger partial charge is 0.242 e. The van der Waals surface area contributed by atoms with Crippen molar-refractivity contribution >= 4 is 35.8 Å². The number of hydrogen-bond donors (Lipinski definition) is 3. The second-order valence-electron chi connectivity index (χ2n) is 6.24. The van der Waals surface area contributed by atoms with Crippen LogP contribution in [0.3, 0.4) is 0 Å². The second kappa shape index (κ2) is 15.0. The fourth-order valence-electron chi connectivity index (χ4n) is 1.68. The fraction of sp³-hybridized carbons (Fsp3) is 0.875. The quantitative estimate of drug-likeness (QED) is 0.210. The number of guanidine groups is 1. The molecule has 0 aromatic rings. The predicted molar refractivity (Wildman–Crippen MR) is 108 cm³/mol. The summed E-state index contributed by atoms with van der Waals surface area (Å²) in [6.45, 7) is 13.3. The number of rotatable bonds is 10. The van der Waals surface area contributed by atoms with Crippen molar-refractivity contribution in [3.63, 3.8) is 0 Å². The Labute approximate surface area is 158 Å². The number of hydrogen-bond acceptors (Lipinski definition) is 3. The molecule has 0 bridgehead atoms. The maximum Gasteiger partial charge on any atom is 0.242 e. The molecule has 6 nitrogen and oxygen atoms in total. The number of carbonyl (C=O) groups excluding carboxylic acids is 1. The van der Waals surface area contributed by atoms with E-state index in [1.54, 1.807) is 0 Å². The van der Waals surface area contributed by atoms with Crippen molar-refractivity contribution in [2.75, 3.05) is 32.8 Å². The summed E-state index contributed by atoms with van der Waals surface area (Å²) in [6, 6.07) is 0. The molecule has 23 heavy (non-hydrogen) atoms. The lowest BCUT2D eigenvalue weighted by atomic mass is 10.1. The average Bonchev–Trinajstić information content (AvgIpc) is 2.41. The van der Waals surface area contributed by atoms with Crippen molar-refractivity contribution in [2.45, 2.75) is 59.4 Å².